The molecule has 0 aliphatic carbocycles. The predicted octanol–water partition coefficient (Wildman–Crippen LogP) is 5.22. The molecule has 3 N–H and O–H groups in total. The van der Waals surface area contributed by atoms with Crippen molar-refractivity contribution in [2.45, 2.75) is 30.3 Å². The Hall–Kier alpha value is -4.11. The van der Waals surface area contributed by atoms with E-state index in [1.165, 1.54) is 0 Å². The lowest BCUT2D eigenvalue weighted by molar-refractivity contribution is -0.134. The number of aromatic nitrogens is 1. The van der Waals surface area contributed by atoms with Crippen molar-refractivity contribution in [3.05, 3.63) is 83.6 Å². The normalized spacial score (nSPS) is 13.5. The molecule has 39 heavy (non-hydrogen) atoms. The third kappa shape index (κ3) is 5.83. The van der Waals surface area contributed by atoms with Crippen LogP contribution in [0.3, 0.4) is 0 Å². The van der Waals surface area contributed by atoms with Crippen molar-refractivity contribution >= 4 is 40.3 Å². The number of ether oxygens (including phenoxy) is 2. The van der Waals surface area contributed by atoms with Crippen molar-refractivity contribution in [2.75, 3.05) is 32.3 Å². The van der Waals surface area contributed by atoms with Crippen LogP contribution in [0.4, 0.5) is 10.5 Å². The number of amides is 3. The first-order valence-corrected chi connectivity index (χ1v) is 14.0. The molecule has 2 heterocycles. The van der Waals surface area contributed by atoms with E-state index in [9.17, 15) is 9.59 Å². The minimum absolute atomic E-state index is 0.131. The van der Waals surface area contributed by atoms with Crippen LogP contribution in [0.25, 0.3) is 10.9 Å². The molecule has 1 aromatic heterocycles. The second-order valence-electron chi connectivity index (χ2n) is 9.43. The number of thioether (sulfide) groups is 1. The van der Waals surface area contributed by atoms with E-state index in [1.54, 1.807) is 30.9 Å². The van der Waals surface area contributed by atoms with Crippen LogP contribution in [-0.4, -0.2) is 54.9 Å². The van der Waals surface area contributed by atoms with Crippen LogP contribution >= 0.6 is 11.8 Å². The molecule has 0 saturated heterocycles. The van der Waals surface area contributed by atoms with Crippen LogP contribution in [0, 0.1) is 0 Å². The van der Waals surface area contributed by atoms with Crippen molar-refractivity contribution < 1.29 is 19.1 Å². The summed E-state index contributed by atoms with van der Waals surface area (Å²) in [7, 11) is 3.22. The lowest BCUT2D eigenvalue weighted by atomic mass is 9.97. The Morgan fingerprint density at radius 1 is 1.03 bits per heavy atom. The van der Waals surface area contributed by atoms with Gasteiger partial charge in [0.05, 0.1) is 14.2 Å². The molecule has 0 radical (unpaired) electrons. The van der Waals surface area contributed by atoms with E-state index in [4.69, 9.17) is 9.47 Å². The zero-order chi connectivity index (χ0) is 27.4. The summed E-state index contributed by atoms with van der Waals surface area (Å²) in [4.78, 5) is 33.2. The summed E-state index contributed by atoms with van der Waals surface area (Å²) in [5, 5.41) is 6.86. The summed E-state index contributed by atoms with van der Waals surface area (Å²) in [6, 6.07) is 18.3. The van der Waals surface area contributed by atoms with E-state index in [1.807, 2.05) is 73.1 Å². The van der Waals surface area contributed by atoms with Gasteiger partial charge in [0.1, 0.15) is 6.04 Å². The maximum atomic E-state index is 13.9. The van der Waals surface area contributed by atoms with E-state index in [2.05, 4.69) is 15.6 Å². The Balaban J connectivity index is 1.38. The van der Waals surface area contributed by atoms with Gasteiger partial charge in [-0.3, -0.25) is 4.79 Å². The van der Waals surface area contributed by atoms with E-state index in [0.29, 0.717) is 43.1 Å². The lowest BCUT2D eigenvalue weighted by Crippen LogP contribution is -2.51. The molecule has 1 atom stereocenters. The van der Waals surface area contributed by atoms with Crippen LogP contribution in [0.5, 0.6) is 11.5 Å². The summed E-state index contributed by atoms with van der Waals surface area (Å²) >= 11 is 1.63. The summed E-state index contributed by atoms with van der Waals surface area (Å²) < 4.78 is 10.9. The minimum Gasteiger partial charge on any atom is -0.493 e. The largest absolute Gasteiger partial charge is 0.493 e. The Morgan fingerprint density at radius 2 is 1.74 bits per heavy atom. The first-order valence-electron chi connectivity index (χ1n) is 12.8. The summed E-state index contributed by atoms with van der Waals surface area (Å²) in [6.45, 7) is 0.976. The van der Waals surface area contributed by atoms with Gasteiger partial charge in [-0.25, -0.2) is 4.79 Å². The number of carbonyl (C=O) groups is 2. The van der Waals surface area contributed by atoms with Gasteiger partial charge in [-0.1, -0.05) is 18.2 Å². The second-order valence-corrected chi connectivity index (χ2v) is 10.3. The van der Waals surface area contributed by atoms with Gasteiger partial charge in [-0.05, 0) is 71.8 Å². The second kappa shape index (κ2) is 11.7. The van der Waals surface area contributed by atoms with Crippen LogP contribution in [0.2, 0.25) is 0 Å². The Morgan fingerprint density at radius 3 is 2.46 bits per heavy atom. The quantitative estimate of drug-likeness (QED) is 0.264. The number of fused-ring (bicyclic) bond motifs is 2. The summed E-state index contributed by atoms with van der Waals surface area (Å²) in [5.74, 6) is 1.18. The molecule has 1 aliphatic heterocycles. The lowest BCUT2D eigenvalue weighted by Gasteiger charge is -2.32. The number of methoxy groups -OCH3 is 2. The number of benzene rings is 3. The monoisotopic (exact) mass is 544 g/mol. The van der Waals surface area contributed by atoms with Gasteiger partial charge in [0.15, 0.2) is 11.5 Å². The highest BCUT2D eigenvalue weighted by molar-refractivity contribution is 7.98. The maximum absolute atomic E-state index is 13.9. The Labute approximate surface area is 232 Å². The molecule has 0 bridgehead atoms. The number of para-hydroxylation sites is 1. The van der Waals surface area contributed by atoms with Crippen LogP contribution in [0.1, 0.15) is 16.7 Å². The van der Waals surface area contributed by atoms with Gasteiger partial charge >= 0.3 is 6.03 Å². The molecule has 3 aromatic carbocycles. The van der Waals surface area contributed by atoms with E-state index >= 15 is 0 Å². The summed E-state index contributed by atoms with van der Waals surface area (Å²) in [5.41, 5.74) is 4.76. The third-order valence-corrected chi connectivity index (χ3v) is 7.82. The fourth-order valence-corrected chi connectivity index (χ4v) is 5.42. The zero-order valence-electron chi connectivity index (χ0n) is 22.2. The molecule has 0 spiro atoms. The third-order valence-electron chi connectivity index (χ3n) is 7.08. The van der Waals surface area contributed by atoms with Gasteiger partial charge in [0, 0.05) is 47.2 Å². The number of anilines is 1. The van der Waals surface area contributed by atoms with Gasteiger partial charge < -0.3 is 30.0 Å². The number of hydrogen-bond acceptors (Lipinski definition) is 5. The number of hydrogen-bond donors (Lipinski definition) is 3. The molecule has 1 aliphatic rings. The Kier molecular flexibility index (Phi) is 7.97. The number of aromatic amines is 1. The fourth-order valence-electron chi connectivity index (χ4n) is 5.01. The van der Waals surface area contributed by atoms with E-state index < -0.39 is 12.1 Å². The van der Waals surface area contributed by atoms with Crippen molar-refractivity contribution in [1.82, 2.24) is 15.2 Å². The van der Waals surface area contributed by atoms with Crippen molar-refractivity contribution in [3.63, 3.8) is 0 Å². The van der Waals surface area contributed by atoms with E-state index in [-0.39, 0.29) is 5.91 Å². The van der Waals surface area contributed by atoms with Crippen molar-refractivity contribution in [2.24, 2.45) is 0 Å². The van der Waals surface area contributed by atoms with Gasteiger partial charge in [0.2, 0.25) is 5.91 Å². The smallest absolute Gasteiger partial charge is 0.319 e. The first-order chi connectivity index (χ1) is 19.0. The summed E-state index contributed by atoms with van der Waals surface area (Å²) in [6.07, 6.45) is 4.96. The first kappa shape index (κ1) is 26.5. The van der Waals surface area contributed by atoms with Crippen molar-refractivity contribution in [1.29, 1.82) is 0 Å². The Bertz CT molecular complexity index is 1480. The highest BCUT2D eigenvalue weighted by Gasteiger charge is 2.30. The number of nitrogens with one attached hydrogen (secondary N) is 3. The molecule has 3 amide bonds. The van der Waals surface area contributed by atoms with Crippen LogP contribution in [0.15, 0.2) is 71.8 Å². The van der Waals surface area contributed by atoms with Crippen molar-refractivity contribution in [3.8, 4) is 11.5 Å². The highest BCUT2D eigenvalue weighted by Crippen LogP contribution is 2.33. The van der Waals surface area contributed by atoms with Crippen LogP contribution < -0.4 is 20.1 Å². The molecule has 4 aromatic rings. The molecular formula is C30H32N4O4S. The number of rotatable bonds is 8. The zero-order valence-corrected chi connectivity index (χ0v) is 23.1. The fraction of sp³-hybridized carbons (Fsp3) is 0.267. The SMILES string of the molecule is COc1cc2c(cc1OC)CN(C(=O)C(Cc1c[nH]c3ccccc13)NC(=O)Nc1ccc(SC)cc1)CC2. The molecule has 0 saturated carbocycles. The standard InChI is InChI=1S/C30H32N4O4S/c1-37-27-15-19-12-13-34(18-21(19)16-28(27)38-2)29(35)26(14-20-17-31-25-7-5-4-6-24(20)25)33-30(36)32-22-8-10-23(39-3)11-9-22/h4-11,15-17,26,31H,12-14,18H2,1-3H3,(H2,32,33,36). The number of H-pyrrole nitrogens is 1. The average Bonchev–Trinajstić information content (AvgIpc) is 3.38. The van der Waals surface area contributed by atoms with E-state index in [0.717, 1.165) is 32.5 Å². The molecule has 1 unspecified atom stereocenters. The number of carbonyl (C=O) groups excluding carboxylic acids is 2. The van der Waals surface area contributed by atoms with Gasteiger partial charge in [-0.2, -0.15) is 0 Å². The molecule has 5 rings (SSSR count). The number of nitrogens with zero attached hydrogens (tertiary/aromatic N) is 1. The molecule has 0 fully saturated rings. The van der Waals surface area contributed by atoms with Gasteiger partial charge in [0.25, 0.3) is 0 Å². The predicted molar refractivity (Wildman–Crippen MR) is 155 cm³/mol. The molecule has 9 heteroatoms. The van der Waals surface area contributed by atoms with Gasteiger partial charge in [-0.15, -0.1) is 11.8 Å². The topological polar surface area (TPSA) is 95.7 Å². The molecular weight excluding hydrogens is 512 g/mol. The molecule has 8 nitrogen and oxygen atoms in total. The average molecular weight is 545 g/mol. The highest BCUT2D eigenvalue weighted by atomic mass is 32.2. The molecule has 202 valence electrons. The minimum atomic E-state index is -0.753. The maximum Gasteiger partial charge on any atom is 0.319 e. The number of urea groups is 1. The van der Waals surface area contributed by atoms with Crippen LogP contribution in [-0.2, 0) is 24.2 Å².